The summed E-state index contributed by atoms with van der Waals surface area (Å²) < 4.78 is 0. The van der Waals surface area contributed by atoms with Crippen molar-refractivity contribution in [2.24, 2.45) is 0 Å². The molecule has 0 bridgehead atoms. The van der Waals surface area contributed by atoms with Crippen LogP contribution < -0.4 is 0 Å². The van der Waals surface area contributed by atoms with Crippen LogP contribution in [0.4, 0.5) is 0 Å². The maximum absolute atomic E-state index is 12.3. The lowest BCUT2D eigenvalue weighted by atomic mass is 10.1. The predicted octanol–water partition coefficient (Wildman–Crippen LogP) is -0.747. The first-order valence-corrected chi connectivity index (χ1v) is 8.29. The zero-order valence-corrected chi connectivity index (χ0v) is 13.6. The van der Waals surface area contributed by atoms with Gasteiger partial charge in [-0.05, 0) is 12.1 Å². The highest BCUT2D eigenvalue weighted by molar-refractivity contribution is 6.21. The van der Waals surface area contributed by atoms with Crippen LogP contribution in [0.1, 0.15) is 20.7 Å². The number of aliphatic hydroxyl groups is 2. The van der Waals surface area contributed by atoms with Gasteiger partial charge in [0, 0.05) is 39.3 Å². The van der Waals surface area contributed by atoms with Gasteiger partial charge in [0.05, 0.1) is 30.4 Å². The summed E-state index contributed by atoms with van der Waals surface area (Å²) in [5.74, 6) is -0.662. The number of nitrogens with zero attached hydrogens (tertiary/aromatic N) is 3. The fourth-order valence-corrected chi connectivity index (χ4v) is 3.31. The number of piperazine rings is 1. The molecule has 1 aromatic carbocycles. The molecular weight excluding hydrogens is 310 g/mol. The van der Waals surface area contributed by atoms with Gasteiger partial charge in [-0.25, -0.2) is 0 Å². The Morgan fingerprint density at radius 1 is 0.917 bits per heavy atom. The molecule has 1 fully saturated rings. The first-order chi connectivity index (χ1) is 11.6. The Morgan fingerprint density at radius 3 is 2.00 bits per heavy atom. The van der Waals surface area contributed by atoms with Crippen molar-refractivity contribution in [3.8, 4) is 0 Å². The molecule has 2 aliphatic heterocycles. The number of β-amino-alcohol motifs (C(OH)–C–C–N with tert-alkyl or cyclic N) is 2. The molecule has 1 aromatic rings. The van der Waals surface area contributed by atoms with Crippen molar-refractivity contribution < 1.29 is 19.8 Å². The standard InChI is InChI=1S/C17H23N3O4/c21-10-9-18-5-7-19(8-6-18)11-13(22)12-20-16(23)14-3-1-2-4-15(14)17(20)24/h1-4,13,21-22H,5-12H2/t13-/m1/s1. The zero-order valence-electron chi connectivity index (χ0n) is 13.6. The summed E-state index contributed by atoms with van der Waals surface area (Å²) in [6.07, 6.45) is -0.767. The summed E-state index contributed by atoms with van der Waals surface area (Å²) >= 11 is 0. The Balaban J connectivity index is 1.52. The highest BCUT2D eigenvalue weighted by Gasteiger charge is 2.36. The Kier molecular flexibility index (Phi) is 5.25. The van der Waals surface area contributed by atoms with E-state index in [9.17, 15) is 14.7 Å². The van der Waals surface area contributed by atoms with Gasteiger partial charge >= 0.3 is 0 Å². The van der Waals surface area contributed by atoms with Gasteiger partial charge in [0.1, 0.15) is 0 Å². The number of carbonyl (C=O) groups excluding carboxylic acids is 2. The average Bonchev–Trinajstić information content (AvgIpc) is 2.82. The van der Waals surface area contributed by atoms with E-state index in [4.69, 9.17) is 5.11 Å². The fourth-order valence-electron chi connectivity index (χ4n) is 3.31. The van der Waals surface area contributed by atoms with E-state index in [2.05, 4.69) is 9.80 Å². The molecule has 2 N–H and O–H groups in total. The lowest BCUT2D eigenvalue weighted by molar-refractivity contribution is 0.0385. The molecule has 1 saturated heterocycles. The van der Waals surface area contributed by atoms with Gasteiger partial charge in [0.25, 0.3) is 11.8 Å². The number of rotatable bonds is 6. The molecule has 24 heavy (non-hydrogen) atoms. The Hall–Kier alpha value is -1.80. The lowest BCUT2D eigenvalue weighted by Crippen LogP contribution is -2.50. The van der Waals surface area contributed by atoms with Crippen molar-refractivity contribution in [1.29, 1.82) is 0 Å². The van der Waals surface area contributed by atoms with Crippen molar-refractivity contribution in [2.75, 3.05) is 52.4 Å². The number of benzene rings is 1. The molecule has 0 spiro atoms. The van der Waals surface area contributed by atoms with Gasteiger partial charge in [-0.15, -0.1) is 0 Å². The number of carbonyl (C=O) groups is 2. The van der Waals surface area contributed by atoms with Crippen LogP contribution in [0, 0.1) is 0 Å². The molecule has 7 heteroatoms. The number of imide groups is 1. The molecule has 130 valence electrons. The van der Waals surface area contributed by atoms with E-state index in [1.165, 1.54) is 0 Å². The normalized spacial score (nSPS) is 20.5. The third-order valence-electron chi connectivity index (χ3n) is 4.62. The van der Waals surface area contributed by atoms with Gasteiger partial charge in [0.15, 0.2) is 0 Å². The van der Waals surface area contributed by atoms with Crippen LogP contribution in [0.3, 0.4) is 0 Å². The predicted molar refractivity (Wildman–Crippen MR) is 87.8 cm³/mol. The van der Waals surface area contributed by atoms with E-state index in [-0.39, 0.29) is 25.0 Å². The molecule has 7 nitrogen and oxygen atoms in total. The lowest BCUT2D eigenvalue weighted by Gasteiger charge is -2.35. The number of fused-ring (bicyclic) bond motifs is 1. The first kappa shape index (κ1) is 17.0. The molecule has 2 aliphatic rings. The van der Waals surface area contributed by atoms with E-state index in [0.717, 1.165) is 31.1 Å². The summed E-state index contributed by atoms with van der Waals surface area (Å²) in [6.45, 7) is 4.58. The van der Waals surface area contributed by atoms with Crippen molar-refractivity contribution in [2.45, 2.75) is 6.10 Å². The minimum atomic E-state index is -0.767. The number of hydrogen-bond donors (Lipinski definition) is 2. The minimum Gasteiger partial charge on any atom is -0.395 e. The highest BCUT2D eigenvalue weighted by atomic mass is 16.3. The zero-order chi connectivity index (χ0) is 17.1. The highest BCUT2D eigenvalue weighted by Crippen LogP contribution is 2.22. The maximum Gasteiger partial charge on any atom is 0.261 e. The number of amides is 2. The van der Waals surface area contributed by atoms with Crippen molar-refractivity contribution in [3.05, 3.63) is 35.4 Å². The van der Waals surface area contributed by atoms with Crippen LogP contribution in [-0.2, 0) is 0 Å². The second kappa shape index (κ2) is 7.40. The Bertz CT molecular complexity index is 579. The minimum absolute atomic E-state index is 0.0171. The van der Waals surface area contributed by atoms with Crippen LogP contribution in [0.25, 0.3) is 0 Å². The SMILES string of the molecule is O=C1c2ccccc2C(=O)N1C[C@H](O)CN1CCN(CCO)CC1. The summed E-state index contributed by atoms with van der Waals surface area (Å²) in [5, 5.41) is 19.3. The van der Waals surface area contributed by atoms with E-state index < -0.39 is 6.10 Å². The van der Waals surface area contributed by atoms with E-state index in [1.807, 2.05) is 0 Å². The summed E-state index contributed by atoms with van der Waals surface area (Å²) in [6, 6.07) is 6.75. The van der Waals surface area contributed by atoms with Crippen molar-refractivity contribution in [3.63, 3.8) is 0 Å². The van der Waals surface area contributed by atoms with Crippen molar-refractivity contribution in [1.82, 2.24) is 14.7 Å². The molecule has 1 atom stereocenters. The molecule has 3 rings (SSSR count). The molecule has 2 heterocycles. The fraction of sp³-hybridized carbons (Fsp3) is 0.529. The molecule has 0 unspecified atom stereocenters. The molecule has 0 aliphatic carbocycles. The summed E-state index contributed by atoms with van der Waals surface area (Å²) in [7, 11) is 0. The van der Waals surface area contributed by atoms with E-state index in [1.54, 1.807) is 24.3 Å². The van der Waals surface area contributed by atoms with E-state index >= 15 is 0 Å². The quantitative estimate of drug-likeness (QED) is 0.667. The second-order valence-electron chi connectivity index (χ2n) is 6.29. The Labute approximate surface area is 141 Å². The number of aliphatic hydroxyl groups excluding tert-OH is 2. The topological polar surface area (TPSA) is 84.3 Å². The van der Waals surface area contributed by atoms with Crippen molar-refractivity contribution >= 4 is 11.8 Å². The smallest absolute Gasteiger partial charge is 0.261 e. The van der Waals surface area contributed by atoms with E-state index in [0.29, 0.717) is 24.2 Å². The van der Waals surface area contributed by atoms with Gasteiger partial charge in [0.2, 0.25) is 0 Å². The molecular formula is C17H23N3O4. The summed E-state index contributed by atoms with van der Waals surface area (Å²) in [5.41, 5.74) is 0.819. The van der Waals surface area contributed by atoms with Crippen LogP contribution in [-0.4, -0.2) is 95.3 Å². The Morgan fingerprint density at radius 2 is 1.46 bits per heavy atom. The van der Waals surface area contributed by atoms with Gasteiger partial charge in [-0.3, -0.25) is 24.3 Å². The molecule has 0 radical (unpaired) electrons. The van der Waals surface area contributed by atoms with Gasteiger partial charge < -0.3 is 10.2 Å². The average molecular weight is 333 g/mol. The molecule has 2 amide bonds. The largest absolute Gasteiger partial charge is 0.395 e. The van der Waals surface area contributed by atoms with Crippen LogP contribution in [0.5, 0.6) is 0 Å². The first-order valence-electron chi connectivity index (χ1n) is 8.29. The van der Waals surface area contributed by atoms with Gasteiger partial charge in [-0.1, -0.05) is 12.1 Å². The van der Waals surface area contributed by atoms with Crippen LogP contribution >= 0.6 is 0 Å². The third-order valence-corrected chi connectivity index (χ3v) is 4.62. The van der Waals surface area contributed by atoms with Crippen LogP contribution in [0.15, 0.2) is 24.3 Å². The molecule has 0 aromatic heterocycles. The van der Waals surface area contributed by atoms with Crippen LogP contribution in [0.2, 0.25) is 0 Å². The monoisotopic (exact) mass is 333 g/mol. The number of hydrogen-bond acceptors (Lipinski definition) is 6. The molecule has 0 saturated carbocycles. The van der Waals surface area contributed by atoms with Gasteiger partial charge in [-0.2, -0.15) is 0 Å². The maximum atomic E-state index is 12.3. The second-order valence-corrected chi connectivity index (χ2v) is 6.29. The third kappa shape index (κ3) is 3.49. The summed E-state index contributed by atoms with van der Waals surface area (Å²) in [4.78, 5) is 30.0.